The van der Waals surface area contributed by atoms with Crippen molar-refractivity contribution in [2.24, 2.45) is 0 Å². The van der Waals surface area contributed by atoms with E-state index >= 15 is 8.78 Å². The van der Waals surface area contributed by atoms with Crippen LogP contribution in [0.4, 0.5) is 14.6 Å². The summed E-state index contributed by atoms with van der Waals surface area (Å²) in [4.78, 5) is 44.4. The SMILES string of the molecule is C=CC(=O)N1CCN(c2nc(=O)n(-c3c(C)ccnc3C(C)C)c3nc(-c4c(F)cccc4SC(C)(C)C)c(F)cc23)[C@@H](C)C1. The number of nitrogens with zero attached hydrogens (tertiary/aromatic N) is 6. The van der Waals surface area contributed by atoms with Gasteiger partial charge in [0.25, 0.3) is 0 Å². The molecule has 45 heavy (non-hydrogen) atoms. The molecule has 0 radical (unpaired) electrons. The number of aryl methyl sites for hydroxylation is 1. The van der Waals surface area contributed by atoms with Crippen molar-refractivity contribution in [3.63, 3.8) is 0 Å². The topological polar surface area (TPSA) is 84.2 Å². The van der Waals surface area contributed by atoms with Crippen LogP contribution >= 0.6 is 11.8 Å². The zero-order valence-electron chi connectivity index (χ0n) is 26.7. The normalized spacial score (nSPS) is 15.6. The summed E-state index contributed by atoms with van der Waals surface area (Å²) in [6.45, 7) is 18.4. The second-order valence-corrected chi connectivity index (χ2v) is 14.5. The first-order valence-corrected chi connectivity index (χ1v) is 15.8. The summed E-state index contributed by atoms with van der Waals surface area (Å²) < 4.78 is 33.0. The van der Waals surface area contributed by atoms with Crippen molar-refractivity contribution in [1.29, 1.82) is 0 Å². The molecule has 1 saturated heterocycles. The molecule has 4 aromatic rings. The van der Waals surface area contributed by atoms with Crippen LogP contribution in [0.15, 0.2) is 58.9 Å². The molecule has 1 aromatic carbocycles. The highest BCUT2D eigenvalue weighted by atomic mass is 32.2. The van der Waals surface area contributed by atoms with E-state index in [1.165, 1.54) is 34.5 Å². The number of hydrogen-bond donors (Lipinski definition) is 0. The van der Waals surface area contributed by atoms with Crippen LogP contribution in [0.1, 0.15) is 58.7 Å². The van der Waals surface area contributed by atoms with Crippen molar-refractivity contribution in [1.82, 2.24) is 24.4 Å². The Bertz CT molecular complexity index is 1870. The van der Waals surface area contributed by atoms with Gasteiger partial charge in [-0.3, -0.25) is 9.78 Å². The molecule has 0 unspecified atom stereocenters. The average Bonchev–Trinajstić information content (AvgIpc) is 2.96. The van der Waals surface area contributed by atoms with Gasteiger partial charge in [0.15, 0.2) is 11.5 Å². The number of pyridine rings is 2. The van der Waals surface area contributed by atoms with Gasteiger partial charge in [0.2, 0.25) is 5.91 Å². The Kier molecular flexibility index (Phi) is 8.86. The van der Waals surface area contributed by atoms with Crippen LogP contribution in [-0.2, 0) is 4.79 Å². The number of rotatable bonds is 6. The fourth-order valence-electron chi connectivity index (χ4n) is 5.74. The van der Waals surface area contributed by atoms with Crippen molar-refractivity contribution in [2.75, 3.05) is 24.5 Å². The number of aromatic nitrogens is 4. The predicted molar refractivity (Wildman–Crippen MR) is 176 cm³/mol. The Labute approximate surface area is 266 Å². The second-order valence-electron chi connectivity index (χ2n) is 12.6. The lowest BCUT2D eigenvalue weighted by Gasteiger charge is -2.40. The molecule has 236 valence electrons. The van der Waals surface area contributed by atoms with Gasteiger partial charge in [-0.15, -0.1) is 11.8 Å². The maximum absolute atomic E-state index is 16.3. The molecule has 3 aromatic heterocycles. The Morgan fingerprint density at radius 3 is 2.51 bits per heavy atom. The lowest BCUT2D eigenvalue weighted by molar-refractivity contribution is -0.126. The van der Waals surface area contributed by atoms with Gasteiger partial charge in [-0.25, -0.2) is 23.1 Å². The van der Waals surface area contributed by atoms with Gasteiger partial charge < -0.3 is 9.80 Å². The minimum Gasteiger partial charge on any atom is -0.350 e. The maximum Gasteiger partial charge on any atom is 0.355 e. The van der Waals surface area contributed by atoms with Crippen LogP contribution in [0.3, 0.4) is 0 Å². The first-order valence-electron chi connectivity index (χ1n) is 15.0. The van der Waals surface area contributed by atoms with Crippen molar-refractivity contribution >= 4 is 34.5 Å². The van der Waals surface area contributed by atoms with E-state index in [2.05, 4.69) is 16.5 Å². The lowest BCUT2D eigenvalue weighted by Crippen LogP contribution is -2.54. The highest BCUT2D eigenvalue weighted by molar-refractivity contribution is 8.00. The fourth-order valence-corrected chi connectivity index (χ4v) is 6.84. The molecule has 8 nitrogen and oxygen atoms in total. The van der Waals surface area contributed by atoms with E-state index in [0.29, 0.717) is 41.3 Å². The molecule has 1 atom stereocenters. The Morgan fingerprint density at radius 2 is 1.87 bits per heavy atom. The molecular weight excluding hydrogens is 594 g/mol. The highest BCUT2D eigenvalue weighted by Crippen LogP contribution is 2.41. The van der Waals surface area contributed by atoms with Gasteiger partial charge in [-0.05, 0) is 55.7 Å². The number of carbonyl (C=O) groups is 1. The Balaban J connectivity index is 1.84. The van der Waals surface area contributed by atoms with E-state index < -0.39 is 17.3 Å². The summed E-state index contributed by atoms with van der Waals surface area (Å²) in [6.07, 6.45) is 2.96. The van der Waals surface area contributed by atoms with Gasteiger partial charge in [0.05, 0.1) is 22.3 Å². The molecule has 1 fully saturated rings. The molecule has 0 bridgehead atoms. The standard InChI is InChI=1S/C34H38F2N6O2S/c1-9-26(43)40-15-16-41(21(5)18-40)31-22-17-24(36)29(27-23(35)11-10-12-25(27)45-34(6,7)8)38-32(22)42(33(44)39-31)30-20(4)13-14-37-28(30)19(2)3/h9-14,17,19,21H,1,15-16,18H2,2-8H3/t21-/m0/s1. The summed E-state index contributed by atoms with van der Waals surface area (Å²) in [5.41, 5.74) is 1.30. The molecule has 4 heterocycles. The largest absolute Gasteiger partial charge is 0.355 e. The number of thioether (sulfide) groups is 1. The van der Waals surface area contributed by atoms with Gasteiger partial charge >= 0.3 is 5.69 Å². The molecule has 1 aliphatic heterocycles. The van der Waals surface area contributed by atoms with Crippen LogP contribution in [0, 0.1) is 18.6 Å². The monoisotopic (exact) mass is 632 g/mol. The number of carbonyl (C=O) groups excluding carboxylic acids is 1. The van der Waals surface area contributed by atoms with Crippen LogP contribution in [0.25, 0.3) is 28.0 Å². The van der Waals surface area contributed by atoms with E-state index in [-0.39, 0.29) is 45.3 Å². The number of piperazine rings is 1. The lowest BCUT2D eigenvalue weighted by atomic mass is 10.0. The number of benzene rings is 1. The molecule has 1 amide bonds. The van der Waals surface area contributed by atoms with Crippen molar-refractivity contribution in [3.8, 4) is 16.9 Å². The summed E-state index contributed by atoms with van der Waals surface area (Å²) in [6, 6.07) is 7.47. The highest BCUT2D eigenvalue weighted by Gasteiger charge is 2.31. The molecule has 0 spiro atoms. The van der Waals surface area contributed by atoms with Crippen molar-refractivity contribution in [2.45, 2.75) is 70.1 Å². The molecule has 0 saturated carbocycles. The average molecular weight is 633 g/mol. The number of fused-ring (bicyclic) bond motifs is 1. The zero-order chi connectivity index (χ0) is 32.8. The van der Waals surface area contributed by atoms with Gasteiger partial charge in [0.1, 0.15) is 17.3 Å². The smallest absolute Gasteiger partial charge is 0.350 e. The summed E-state index contributed by atoms with van der Waals surface area (Å²) in [5.74, 6) is -1.34. The van der Waals surface area contributed by atoms with E-state index in [0.717, 1.165) is 5.56 Å². The second kappa shape index (κ2) is 12.3. The molecule has 0 aliphatic carbocycles. The van der Waals surface area contributed by atoms with Crippen LogP contribution in [0.2, 0.25) is 0 Å². The van der Waals surface area contributed by atoms with E-state index in [1.807, 2.05) is 53.4 Å². The molecule has 1 aliphatic rings. The van der Waals surface area contributed by atoms with E-state index in [1.54, 1.807) is 29.3 Å². The fraction of sp³-hybridized carbons (Fsp3) is 0.382. The molecule has 5 rings (SSSR count). The summed E-state index contributed by atoms with van der Waals surface area (Å²) >= 11 is 1.41. The Morgan fingerprint density at radius 1 is 1.13 bits per heavy atom. The van der Waals surface area contributed by atoms with Crippen LogP contribution in [0.5, 0.6) is 0 Å². The van der Waals surface area contributed by atoms with E-state index in [4.69, 9.17) is 4.98 Å². The van der Waals surface area contributed by atoms with E-state index in [9.17, 15) is 9.59 Å². The summed E-state index contributed by atoms with van der Waals surface area (Å²) in [5, 5.41) is 0.297. The first kappa shape index (κ1) is 32.3. The van der Waals surface area contributed by atoms with Crippen molar-refractivity contribution in [3.05, 3.63) is 82.6 Å². The predicted octanol–water partition coefficient (Wildman–Crippen LogP) is 6.67. The van der Waals surface area contributed by atoms with Gasteiger partial charge in [-0.1, -0.05) is 47.3 Å². The zero-order valence-corrected chi connectivity index (χ0v) is 27.5. The van der Waals surface area contributed by atoms with Crippen LogP contribution in [-0.4, -0.2) is 60.7 Å². The maximum atomic E-state index is 16.3. The summed E-state index contributed by atoms with van der Waals surface area (Å²) in [7, 11) is 0. The third-order valence-electron chi connectivity index (χ3n) is 7.74. The minimum atomic E-state index is -0.739. The molecule has 11 heteroatoms. The first-order chi connectivity index (χ1) is 21.2. The molecular formula is C34H38F2N6O2S. The Hall–Kier alpha value is -4.12. The number of amides is 1. The minimum absolute atomic E-state index is 0.0334. The van der Waals surface area contributed by atoms with Crippen LogP contribution < -0.4 is 10.6 Å². The van der Waals surface area contributed by atoms with Gasteiger partial charge in [0, 0.05) is 41.5 Å². The number of halogens is 2. The third kappa shape index (κ3) is 6.22. The molecule has 0 N–H and O–H groups in total. The number of anilines is 1. The third-order valence-corrected chi connectivity index (χ3v) is 8.91. The van der Waals surface area contributed by atoms with Gasteiger partial charge in [-0.2, -0.15) is 4.98 Å². The quantitative estimate of drug-likeness (QED) is 0.174. The van der Waals surface area contributed by atoms with Crippen molar-refractivity contribution < 1.29 is 13.6 Å². The number of hydrogen-bond acceptors (Lipinski definition) is 7.